The van der Waals surface area contributed by atoms with Gasteiger partial charge >= 0.3 is 0 Å². The molecule has 94 valence electrons. The van der Waals surface area contributed by atoms with Crippen molar-refractivity contribution in [3.8, 4) is 0 Å². The number of benzene rings is 2. The molecule has 0 radical (unpaired) electrons. The molecule has 0 N–H and O–H groups in total. The van der Waals surface area contributed by atoms with E-state index in [1.54, 1.807) is 24.3 Å². The number of carbonyl (C=O) groups excluding carboxylic acids is 2. The molecule has 1 fully saturated rings. The van der Waals surface area contributed by atoms with E-state index in [0.29, 0.717) is 11.1 Å². The van der Waals surface area contributed by atoms with Crippen LogP contribution >= 0.6 is 11.8 Å². The number of hydrogen-bond donors (Lipinski definition) is 0. The first kappa shape index (κ1) is 12.2. The Hall–Kier alpha value is -1.87. The van der Waals surface area contributed by atoms with Gasteiger partial charge in [0.2, 0.25) is 0 Å². The fraction of sp³-hybridized carbons (Fsp3) is 0.125. The lowest BCUT2D eigenvalue weighted by Crippen LogP contribution is -2.16. The van der Waals surface area contributed by atoms with Crippen LogP contribution in [0.2, 0.25) is 0 Å². The molecule has 0 spiro atoms. The molecule has 3 heteroatoms. The fourth-order valence-corrected chi connectivity index (χ4v) is 3.04. The third-order valence-corrected chi connectivity index (χ3v) is 4.37. The molecule has 0 aliphatic carbocycles. The minimum absolute atomic E-state index is 0.0554. The third-order valence-electron chi connectivity index (χ3n) is 3.13. The summed E-state index contributed by atoms with van der Waals surface area (Å²) in [6.45, 7) is 0. The van der Waals surface area contributed by atoms with Gasteiger partial charge in [0.25, 0.3) is 0 Å². The van der Waals surface area contributed by atoms with Gasteiger partial charge in [0.05, 0.1) is 10.5 Å². The first-order chi connectivity index (χ1) is 9.27. The quantitative estimate of drug-likeness (QED) is 0.630. The fourth-order valence-electron chi connectivity index (χ4n) is 2.04. The van der Waals surface area contributed by atoms with Gasteiger partial charge in [-0.2, -0.15) is 0 Å². The first-order valence-electron chi connectivity index (χ1n) is 6.11. The summed E-state index contributed by atoms with van der Waals surface area (Å²) >= 11 is 1.44. The zero-order valence-corrected chi connectivity index (χ0v) is 11.0. The third kappa shape index (κ3) is 2.47. The molecule has 0 saturated carbocycles. The van der Waals surface area contributed by atoms with Gasteiger partial charge in [0.15, 0.2) is 11.6 Å². The molecule has 0 amide bonds. The Bertz CT molecular complexity index is 552. The smallest absolute Gasteiger partial charge is 0.177 e. The summed E-state index contributed by atoms with van der Waals surface area (Å²) in [5.74, 6) is 0.111. The second kappa shape index (κ2) is 5.02. The minimum Gasteiger partial charge on any atom is -0.293 e. The number of thioether (sulfide) groups is 1. The summed E-state index contributed by atoms with van der Waals surface area (Å²) in [5.41, 5.74) is 1.37. The number of ketones is 2. The summed E-state index contributed by atoms with van der Waals surface area (Å²) in [6.07, 6.45) is 0. The Labute approximate surface area is 115 Å². The molecule has 3 rings (SSSR count). The topological polar surface area (TPSA) is 34.1 Å². The van der Waals surface area contributed by atoms with Crippen molar-refractivity contribution >= 4 is 23.3 Å². The van der Waals surface area contributed by atoms with Crippen LogP contribution in [-0.4, -0.2) is 22.1 Å². The molecule has 0 bridgehead atoms. The zero-order valence-electron chi connectivity index (χ0n) is 10.2. The lowest BCUT2D eigenvalue weighted by atomic mass is 10.0. The molecule has 1 saturated heterocycles. The summed E-state index contributed by atoms with van der Waals surface area (Å²) in [6, 6.07) is 18.3. The SMILES string of the molecule is O=C(c1ccccc1)C1SC1C(=O)c1ccccc1. The van der Waals surface area contributed by atoms with E-state index in [0.717, 1.165) is 0 Å². The summed E-state index contributed by atoms with van der Waals surface area (Å²) in [5, 5.41) is -0.426. The molecule has 2 nitrogen and oxygen atoms in total. The number of hydrogen-bond acceptors (Lipinski definition) is 3. The first-order valence-corrected chi connectivity index (χ1v) is 7.05. The Morgan fingerprint density at radius 3 is 1.42 bits per heavy atom. The maximum Gasteiger partial charge on any atom is 0.177 e. The van der Waals surface area contributed by atoms with Crippen LogP contribution in [0.4, 0.5) is 0 Å². The van der Waals surface area contributed by atoms with Crippen molar-refractivity contribution in [1.82, 2.24) is 0 Å². The van der Waals surface area contributed by atoms with E-state index >= 15 is 0 Å². The van der Waals surface area contributed by atoms with E-state index < -0.39 is 0 Å². The van der Waals surface area contributed by atoms with Crippen LogP contribution in [-0.2, 0) is 0 Å². The van der Waals surface area contributed by atoms with Crippen LogP contribution in [0.25, 0.3) is 0 Å². The number of Topliss-reactive ketones (excluding diaryl/α,β-unsaturated/α-hetero) is 2. The molecule has 1 heterocycles. The van der Waals surface area contributed by atoms with Crippen LogP contribution < -0.4 is 0 Å². The number of rotatable bonds is 4. The van der Waals surface area contributed by atoms with Crippen LogP contribution in [0.5, 0.6) is 0 Å². The van der Waals surface area contributed by atoms with E-state index in [4.69, 9.17) is 0 Å². The molecule has 0 aromatic heterocycles. The Morgan fingerprint density at radius 2 is 1.05 bits per heavy atom. The van der Waals surface area contributed by atoms with Gasteiger partial charge < -0.3 is 0 Å². The molecular formula is C16H12O2S. The highest BCUT2D eigenvalue weighted by Crippen LogP contribution is 2.45. The maximum atomic E-state index is 12.2. The highest BCUT2D eigenvalue weighted by molar-refractivity contribution is 8.09. The van der Waals surface area contributed by atoms with Gasteiger partial charge in [0.1, 0.15) is 0 Å². The summed E-state index contributed by atoms with van der Waals surface area (Å²) < 4.78 is 0. The van der Waals surface area contributed by atoms with Crippen LogP contribution in [0, 0.1) is 0 Å². The average Bonchev–Trinajstić information content (AvgIpc) is 3.28. The zero-order chi connectivity index (χ0) is 13.2. The van der Waals surface area contributed by atoms with Crippen molar-refractivity contribution in [1.29, 1.82) is 0 Å². The van der Waals surface area contributed by atoms with Crippen LogP contribution in [0.15, 0.2) is 60.7 Å². The van der Waals surface area contributed by atoms with Crippen molar-refractivity contribution in [2.24, 2.45) is 0 Å². The molecule has 2 unspecified atom stereocenters. The monoisotopic (exact) mass is 268 g/mol. The van der Waals surface area contributed by atoms with Gasteiger partial charge in [-0.15, -0.1) is 11.8 Å². The second-order valence-corrected chi connectivity index (χ2v) is 5.73. The van der Waals surface area contributed by atoms with E-state index in [1.165, 1.54) is 11.8 Å². The number of carbonyl (C=O) groups is 2. The van der Waals surface area contributed by atoms with Crippen LogP contribution in [0.1, 0.15) is 20.7 Å². The van der Waals surface area contributed by atoms with Crippen molar-refractivity contribution in [3.05, 3.63) is 71.8 Å². The highest BCUT2D eigenvalue weighted by Gasteiger charge is 2.49. The van der Waals surface area contributed by atoms with Crippen LogP contribution in [0.3, 0.4) is 0 Å². The normalized spacial score (nSPS) is 20.8. The predicted molar refractivity (Wildman–Crippen MR) is 76.7 cm³/mol. The molecule has 1 aliphatic heterocycles. The molecule has 1 aliphatic rings. The molecular weight excluding hydrogens is 256 g/mol. The average molecular weight is 268 g/mol. The highest BCUT2D eigenvalue weighted by atomic mass is 32.2. The minimum atomic E-state index is -0.213. The largest absolute Gasteiger partial charge is 0.293 e. The van der Waals surface area contributed by atoms with E-state index in [9.17, 15) is 9.59 Å². The molecule has 19 heavy (non-hydrogen) atoms. The molecule has 2 aromatic carbocycles. The van der Waals surface area contributed by atoms with Crippen molar-refractivity contribution in [2.45, 2.75) is 10.5 Å². The summed E-state index contributed by atoms with van der Waals surface area (Å²) in [4.78, 5) is 24.4. The predicted octanol–water partition coefficient (Wildman–Crippen LogP) is 3.24. The van der Waals surface area contributed by atoms with Gasteiger partial charge in [-0.25, -0.2) is 0 Å². The standard InChI is InChI=1S/C16H12O2S/c17-13(11-7-3-1-4-8-11)15-16(19-15)14(18)12-9-5-2-6-10-12/h1-10,15-16H. The van der Waals surface area contributed by atoms with Gasteiger partial charge in [-0.1, -0.05) is 60.7 Å². The molecule has 2 atom stereocenters. The van der Waals surface area contributed by atoms with E-state index in [-0.39, 0.29) is 22.1 Å². The van der Waals surface area contributed by atoms with Crippen molar-refractivity contribution < 1.29 is 9.59 Å². The summed E-state index contributed by atoms with van der Waals surface area (Å²) in [7, 11) is 0. The van der Waals surface area contributed by atoms with Crippen molar-refractivity contribution in [2.75, 3.05) is 0 Å². The second-order valence-electron chi connectivity index (χ2n) is 4.44. The van der Waals surface area contributed by atoms with Gasteiger partial charge in [0, 0.05) is 11.1 Å². The van der Waals surface area contributed by atoms with Gasteiger partial charge in [-0.3, -0.25) is 9.59 Å². The van der Waals surface area contributed by atoms with E-state index in [2.05, 4.69) is 0 Å². The van der Waals surface area contributed by atoms with Crippen molar-refractivity contribution in [3.63, 3.8) is 0 Å². The molecule has 2 aromatic rings. The van der Waals surface area contributed by atoms with Gasteiger partial charge in [-0.05, 0) is 0 Å². The Morgan fingerprint density at radius 1 is 0.684 bits per heavy atom. The lowest BCUT2D eigenvalue weighted by molar-refractivity contribution is 0.0948. The lowest BCUT2D eigenvalue weighted by Gasteiger charge is -1.99. The maximum absolute atomic E-state index is 12.2. The van der Waals surface area contributed by atoms with E-state index in [1.807, 2.05) is 36.4 Å². The Kier molecular flexibility index (Phi) is 3.22. The Balaban J connectivity index is 1.72.